The van der Waals surface area contributed by atoms with Gasteiger partial charge in [-0.3, -0.25) is 4.57 Å². The van der Waals surface area contributed by atoms with Crippen molar-refractivity contribution >= 4 is 16.7 Å². The van der Waals surface area contributed by atoms with Gasteiger partial charge in [0.1, 0.15) is 0 Å². The predicted molar refractivity (Wildman–Crippen MR) is 77.0 cm³/mol. The first kappa shape index (κ1) is 13.2. The molecular formula is C14H19N3O3. The smallest absolute Gasteiger partial charge is 0.326 e. The topological polar surface area (TPSA) is 59.5 Å². The van der Waals surface area contributed by atoms with Crippen LogP contribution >= 0.6 is 0 Å². The van der Waals surface area contributed by atoms with E-state index in [1.807, 2.05) is 18.2 Å². The molecule has 108 valence electrons. The third-order valence-corrected chi connectivity index (χ3v) is 4.01. The molecule has 2 aromatic rings. The lowest BCUT2D eigenvalue weighted by Crippen LogP contribution is -2.53. The van der Waals surface area contributed by atoms with Crippen LogP contribution in [-0.4, -0.2) is 43.2 Å². The van der Waals surface area contributed by atoms with Gasteiger partial charge in [-0.25, -0.2) is 4.79 Å². The zero-order valence-corrected chi connectivity index (χ0v) is 11.9. The van der Waals surface area contributed by atoms with Crippen LogP contribution in [0.4, 0.5) is 5.69 Å². The zero-order valence-electron chi connectivity index (χ0n) is 11.9. The molecule has 6 nitrogen and oxygen atoms in total. The molecule has 1 aliphatic heterocycles. The lowest BCUT2D eigenvalue weighted by atomic mass is 9.98. The maximum atomic E-state index is 11.6. The number of aromatic amines is 1. The molecule has 3 rings (SSSR count). The van der Waals surface area contributed by atoms with Crippen molar-refractivity contribution in [2.24, 2.45) is 13.0 Å². The van der Waals surface area contributed by atoms with Crippen LogP contribution < -0.4 is 10.6 Å². The van der Waals surface area contributed by atoms with Crippen molar-refractivity contribution in [3.63, 3.8) is 0 Å². The molecule has 0 spiro atoms. The SMILES string of the molecule is COC(OC)C1CN(c2ccc3[nH]c(=O)n(C)c3c2)C1. The zero-order chi connectivity index (χ0) is 14.3. The first-order chi connectivity index (χ1) is 9.63. The Hall–Kier alpha value is -1.79. The summed E-state index contributed by atoms with van der Waals surface area (Å²) in [7, 11) is 5.10. The molecule has 1 aliphatic rings. The van der Waals surface area contributed by atoms with Gasteiger partial charge in [0, 0.05) is 46.0 Å². The van der Waals surface area contributed by atoms with Crippen molar-refractivity contribution < 1.29 is 9.47 Å². The number of hydrogen-bond acceptors (Lipinski definition) is 4. The summed E-state index contributed by atoms with van der Waals surface area (Å²) in [6.07, 6.45) is -0.147. The van der Waals surface area contributed by atoms with Crippen LogP contribution in [0.3, 0.4) is 0 Å². The van der Waals surface area contributed by atoms with Crippen LogP contribution in [0.5, 0.6) is 0 Å². The second kappa shape index (κ2) is 4.96. The maximum absolute atomic E-state index is 11.6. The summed E-state index contributed by atoms with van der Waals surface area (Å²) >= 11 is 0. The predicted octanol–water partition coefficient (Wildman–Crippen LogP) is 0.922. The average Bonchev–Trinajstić information content (AvgIpc) is 2.69. The minimum absolute atomic E-state index is 0.0857. The summed E-state index contributed by atoms with van der Waals surface area (Å²) in [5.41, 5.74) is 2.82. The molecule has 0 radical (unpaired) electrons. The van der Waals surface area contributed by atoms with Crippen LogP contribution in [0, 0.1) is 5.92 Å². The van der Waals surface area contributed by atoms with Crippen LogP contribution in [-0.2, 0) is 16.5 Å². The second-order valence-corrected chi connectivity index (χ2v) is 5.20. The van der Waals surface area contributed by atoms with Crippen LogP contribution in [0.25, 0.3) is 11.0 Å². The number of imidazole rings is 1. The van der Waals surface area contributed by atoms with E-state index in [-0.39, 0.29) is 12.0 Å². The molecule has 1 N–H and O–H groups in total. The summed E-state index contributed by atoms with van der Waals surface area (Å²) < 4.78 is 12.2. The second-order valence-electron chi connectivity index (χ2n) is 5.20. The molecule has 1 aromatic carbocycles. The van der Waals surface area contributed by atoms with Crippen LogP contribution in [0.15, 0.2) is 23.0 Å². The Balaban J connectivity index is 1.80. The van der Waals surface area contributed by atoms with Gasteiger partial charge >= 0.3 is 5.69 Å². The molecule has 1 aromatic heterocycles. The molecule has 0 bridgehead atoms. The molecule has 0 atom stereocenters. The number of fused-ring (bicyclic) bond motifs is 1. The first-order valence-electron chi connectivity index (χ1n) is 6.63. The highest BCUT2D eigenvalue weighted by molar-refractivity contribution is 5.80. The van der Waals surface area contributed by atoms with Crippen molar-refractivity contribution in [2.75, 3.05) is 32.2 Å². The lowest BCUT2D eigenvalue weighted by Gasteiger charge is -2.43. The standard InChI is InChI=1S/C14H19N3O3/c1-16-12-6-10(4-5-11(12)15-14(16)18)17-7-9(8-17)13(19-2)20-3/h4-6,9,13H,7-8H2,1-3H3,(H,15,18). The molecule has 0 aliphatic carbocycles. The molecule has 0 unspecified atom stereocenters. The van der Waals surface area contributed by atoms with E-state index in [4.69, 9.17) is 9.47 Å². The van der Waals surface area contributed by atoms with Gasteiger partial charge in [0.15, 0.2) is 6.29 Å². The summed E-state index contributed by atoms with van der Waals surface area (Å²) in [4.78, 5) is 16.7. The van der Waals surface area contributed by atoms with Crippen molar-refractivity contribution in [1.82, 2.24) is 9.55 Å². The van der Waals surface area contributed by atoms with Gasteiger partial charge < -0.3 is 19.4 Å². The maximum Gasteiger partial charge on any atom is 0.326 e. The van der Waals surface area contributed by atoms with Gasteiger partial charge in [0.05, 0.1) is 11.0 Å². The number of methoxy groups -OCH3 is 2. The summed E-state index contributed by atoms with van der Waals surface area (Å²) in [6.45, 7) is 1.80. The Morgan fingerprint density at radius 3 is 2.65 bits per heavy atom. The Morgan fingerprint density at radius 1 is 1.30 bits per heavy atom. The number of H-pyrrole nitrogens is 1. The number of aryl methyl sites for hydroxylation is 1. The van der Waals surface area contributed by atoms with E-state index < -0.39 is 0 Å². The summed E-state index contributed by atoms with van der Waals surface area (Å²) in [5.74, 6) is 0.385. The van der Waals surface area contributed by atoms with E-state index in [1.54, 1.807) is 25.8 Å². The Kier molecular flexibility index (Phi) is 3.27. The minimum Gasteiger partial charge on any atom is -0.370 e. The van der Waals surface area contributed by atoms with E-state index >= 15 is 0 Å². The van der Waals surface area contributed by atoms with Crippen molar-refractivity contribution in [3.8, 4) is 0 Å². The number of anilines is 1. The largest absolute Gasteiger partial charge is 0.370 e. The fraction of sp³-hybridized carbons (Fsp3) is 0.500. The quantitative estimate of drug-likeness (QED) is 0.844. The van der Waals surface area contributed by atoms with Crippen LogP contribution in [0.2, 0.25) is 0 Å². The van der Waals surface area contributed by atoms with Gasteiger partial charge in [0.25, 0.3) is 0 Å². The highest BCUT2D eigenvalue weighted by atomic mass is 16.7. The number of ether oxygens (including phenoxy) is 2. The molecule has 1 fully saturated rings. The van der Waals surface area contributed by atoms with E-state index in [2.05, 4.69) is 9.88 Å². The first-order valence-corrected chi connectivity index (χ1v) is 6.63. The molecule has 6 heteroatoms. The van der Waals surface area contributed by atoms with E-state index in [0.717, 1.165) is 29.8 Å². The van der Waals surface area contributed by atoms with Gasteiger partial charge in [-0.1, -0.05) is 0 Å². The monoisotopic (exact) mass is 277 g/mol. The van der Waals surface area contributed by atoms with Crippen molar-refractivity contribution in [1.29, 1.82) is 0 Å². The summed E-state index contributed by atoms with van der Waals surface area (Å²) in [6, 6.07) is 6.02. The number of nitrogens with one attached hydrogen (secondary N) is 1. The third-order valence-electron chi connectivity index (χ3n) is 4.01. The van der Waals surface area contributed by atoms with Gasteiger partial charge in [-0.2, -0.15) is 0 Å². The van der Waals surface area contributed by atoms with E-state index in [1.165, 1.54) is 0 Å². The number of hydrogen-bond donors (Lipinski definition) is 1. The third kappa shape index (κ3) is 2.01. The Labute approximate surface area is 116 Å². The van der Waals surface area contributed by atoms with E-state index in [9.17, 15) is 4.79 Å². The van der Waals surface area contributed by atoms with Gasteiger partial charge in [0.2, 0.25) is 0 Å². The molecule has 0 saturated carbocycles. The fourth-order valence-corrected chi connectivity index (χ4v) is 2.79. The molecule has 2 heterocycles. The fourth-order valence-electron chi connectivity index (χ4n) is 2.79. The Morgan fingerprint density at radius 2 is 2.00 bits per heavy atom. The van der Waals surface area contributed by atoms with Gasteiger partial charge in [-0.15, -0.1) is 0 Å². The normalized spacial score (nSPS) is 16.1. The van der Waals surface area contributed by atoms with Gasteiger partial charge in [-0.05, 0) is 18.2 Å². The molecule has 20 heavy (non-hydrogen) atoms. The lowest BCUT2D eigenvalue weighted by molar-refractivity contribution is -0.142. The Bertz CT molecular complexity index is 666. The molecule has 1 saturated heterocycles. The number of rotatable bonds is 4. The van der Waals surface area contributed by atoms with E-state index in [0.29, 0.717) is 5.92 Å². The molecular weight excluding hydrogens is 258 g/mol. The summed E-state index contributed by atoms with van der Waals surface area (Å²) in [5, 5.41) is 0. The van der Waals surface area contributed by atoms with Crippen molar-refractivity contribution in [3.05, 3.63) is 28.7 Å². The highest BCUT2D eigenvalue weighted by Gasteiger charge is 2.34. The number of aromatic nitrogens is 2. The van der Waals surface area contributed by atoms with Crippen LogP contribution in [0.1, 0.15) is 0 Å². The van der Waals surface area contributed by atoms with Crippen molar-refractivity contribution in [2.45, 2.75) is 6.29 Å². The number of benzene rings is 1. The highest BCUT2D eigenvalue weighted by Crippen LogP contribution is 2.29. The molecule has 0 amide bonds. The number of nitrogens with zero attached hydrogens (tertiary/aromatic N) is 2. The average molecular weight is 277 g/mol. The minimum atomic E-state index is -0.147.